The summed E-state index contributed by atoms with van der Waals surface area (Å²) in [5.74, 6) is 1.33. The van der Waals surface area contributed by atoms with E-state index < -0.39 is 6.10 Å². The second-order valence-corrected chi connectivity index (χ2v) is 6.65. The average Bonchev–Trinajstić information content (AvgIpc) is 2.40. The number of aliphatic hydroxyl groups is 1. The summed E-state index contributed by atoms with van der Waals surface area (Å²) >= 11 is 0. The highest BCUT2D eigenvalue weighted by Gasteiger charge is 2.45. The third-order valence-electron chi connectivity index (χ3n) is 4.62. The number of aryl methyl sites for hydroxylation is 1. The molecule has 0 aliphatic carbocycles. The Morgan fingerprint density at radius 3 is 2.85 bits per heavy atom. The van der Waals surface area contributed by atoms with Crippen LogP contribution in [-0.4, -0.2) is 23.4 Å². The number of hydrogen-bond donors (Lipinski definition) is 1. The van der Waals surface area contributed by atoms with E-state index in [2.05, 4.69) is 13.8 Å². The van der Waals surface area contributed by atoms with E-state index in [0.717, 1.165) is 36.3 Å². The van der Waals surface area contributed by atoms with Gasteiger partial charge in [-0.3, -0.25) is 0 Å². The molecule has 1 saturated heterocycles. The van der Waals surface area contributed by atoms with Crippen molar-refractivity contribution in [2.24, 2.45) is 5.92 Å². The van der Waals surface area contributed by atoms with Gasteiger partial charge in [0, 0.05) is 24.8 Å². The van der Waals surface area contributed by atoms with Crippen molar-refractivity contribution in [3.63, 3.8) is 0 Å². The van der Waals surface area contributed by atoms with Crippen LogP contribution in [0.1, 0.15) is 50.3 Å². The van der Waals surface area contributed by atoms with E-state index >= 15 is 0 Å². The second-order valence-electron chi connectivity index (χ2n) is 6.65. The quantitative estimate of drug-likeness (QED) is 0.854. The lowest BCUT2D eigenvalue weighted by Gasteiger charge is -2.46. The first-order valence-corrected chi connectivity index (χ1v) is 7.58. The van der Waals surface area contributed by atoms with Crippen LogP contribution in [-0.2, 0) is 4.74 Å². The van der Waals surface area contributed by atoms with Crippen LogP contribution in [0.4, 0.5) is 0 Å². The maximum Gasteiger partial charge on any atom is 0.125 e. The van der Waals surface area contributed by atoms with Crippen molar-refractivity contribution in [1.29, 1.82) is 0 Å². The molecule has 20 heavy (non-hydrogen) atoms. The summed E-state index contributed by atoms with van der Waals surface area (Å²) in [6.07, 6.45) is 2.21. The molecule has 1 spiro atoms. The molecule has 3 heteroatoms. The van der Waals surface area contributed by atoms with E-state index in [4.69, 9.17) is 9.47 Å². The minimum absolute atomic E-state index is 0.225. The van der Waals surface area contributed by atoms with Gasteiger partial charge in [-0.2, -0.15) is 0 Å². The fourth-order valence-corrected chi connectivity index (χ4v) is 3.39. The van der Waals surface area contributed by atoms with Crippen molar-refractivity contribution in [1.82, 2.24) is 0 Å². The molecule has 0 radical (unpaired) electrons. The lowest BCUT2D eigenvalue weighted by molar-refractivity contribution is -0.127. The topological polar surface area (TPSA) is 38.7 Å². The minimum atomic E-state index is -0.426. The normalized spacial score (nSPS) is 33.0. The van der Waals surface area contributed by atoms with E-state index in [1.165, 1.54) is 0 Å². The van der Waals surface area contributed by atoms with Crippen LogP contribution in [0.2, 0.25) is 0 Å². The van der Waals surface area contributed by atoms with Crippen LogP contribution in [0.3, 0.4) is 0 Å². The number of fused-ring (bicyclic) bond motifs is 1. The Bertz CT molecular complexity index is 497. The zero-order valence-electron chi connectivity index (χ0n) is 12.6. The lowest BCUT2D eigenvalue weighted by atomic mass is 9.79. The van der Waals surface area contributed by atoms with Crippen molar-refractivity contribution in [2.45, 2.75) is 57.8 Å². The van der Waals surface area contributed by atoms with Gasteiger partial charge in [0.15, 0.2) is 0 Å². The fourth-order valence-electron chi connectivity index (χ4n) is 3.39. The lowest BCUT2D eigenvalue weighted by Crippen LogP contribution is -2.49. The van der Waals surface area contributed by atoms with E-state index in [-0.39, 0.29) is 11.7 Å². The van der Waals surface area contributed by atoms with Crippen LogP contribution in [0.25, 0.3) is 0 Å². The van der Waals surface area contributed by atoms with Crippen LogP contribution in [0.15, 0.2) is 18.2 Å². The van der Waals surface area contributed by atoms with Gasteiger partial charge >= 0.3 is 0 Å². The van der Waals surface area contributed by atoms with Crippen LogP contribution >= 0.6 is 0 Å². The van der Waals surface area contributed by atoms with Crippen molar-refractivity contribution in [3.05, 3.63) is 29.3 Å². The maximum atomic E-state index is 10.5. The molecule has 0 amide bonds. The van der Waals surface area contributed by atoms with Gasteiger partial charge in [0.25, 0.3) is 0 Å². The van der Waals surface area contributed by atoms with Gasteiger partial charge in [-0.25, -0.2) is 0 Å². The van der Waals surface area contributed by atoms with Gasteiger partial charge in [-0.1, -0.05) is 25.5 Å². The molecule has 1 fully saturated rings. The first kappa shape index (κ1) is 13.9. The Hall–Kier alpha value is -1.06. The molecule has 3 rings (SSSR count). The Labute approximate surface area is 120 Å². The summed E-state index contributed by atoms with van der Waals surface area (Å²) < 4.78 is 12.2. The molecular formula is C17H24O3. The summed E-state index contributed by atoms with van der Waals surface area (Å²) in [5, 5.41) is 10.5. The summed E-state index contributed by atoms with van der Waals surface area (Å²) in [4.78, 5) is 0. The molecule has 3 nitrogen and oxygen atoms in total. The highest BCUT2D eigenvalue weighted by Crippen LogP contribution is 2.45. The predicted molar refractivity (Wildman–Crippen MR) is 77.9 cm³/mol. The standard InChI is InChI=1S/C17H24O3/c1-11(2)16-10-17(6-7-19-16)9-14(18)13-8-12(3)4-5-15(13)20-17/h4-5,8,11,14,16,18H,6-7,9-10H2,1-3H3. The number of aliphatic hydroxyl groups excluding tert-OH is 1. The average molecular weight is 276 g/mol. The Morgan fingerprint density at radius 2 is 2.10 bits per heavy atom. The van der Waals surface area contributed by atoms with Crippen molar-refractivity contribution in [2.75, 3.05) is 6.61 Å². The van der Waals surface area contributed by atoms with Gasteiger partial charge in [-0.15, -0.1) is 0 Å². The third-order valence-corrected chi connectivity index (χ3v) is 4.62. The molecular weight excluding hydrogens is 252 g/mol. The second kappa shape index (κ2) is 5.05. The molecule has 3 unspecified atom stereocenters. The highest BCUT2D eigenvalue weighted by molar-refractivity contribution is 5.41. The molecule has 1 aromatic carbocycles. The van der Waals surface area contributed by atoms with Crippen LogP contribution in [0, 0.1) is 12.8 Å². The number of ether oxygens (including phenoxy) is 2. The number of benzene rings is 1. The zero-order chi connectivity index (χ0) is 14.3. The van der Waals surface area contributed by atoms with Gasteiger partial charge < -0.3 is 14.6 Å². The van der Waals surface area contributed by atoms with E-state index in [0.29, 0.717) is 12.3 Å². The van der Waals surface area contributed by atoms with Gasteiger partial charge in [0.2, 0.25) is 0 Å². The van der Waals surface area contributed by atoms with E-state index in [1.54, 1.807) is 0 Å². The van der Waals surface area contributed by atoms with E-state index in [1.807, 2.05) is 25.1 Å². The highest BCUT2D eigenvalue weighted by atomic mass is 16.5. The molecule has 0 bridgehead atoms. The Balaban J connectivity index is 1.88. The van der Waals surface area contributed by atoms with Gasteiger partial charge in [0.1, 0.15) is 11.4 Å². The SMILES string of the molecule is Cc1ccc2c(c1)C(O)CC1(CCOC(C(C)C)C1)O2. The Kier molecular flexibility index (Phi) is 3.51. The molecule has 3 atom stereocenters. The summed E-state index contributed by atoms with van der Waals surface area (Å²) in [7, 11) is 0. The molecule has 0 saturated carbocycles. The summed E-state index contributed by atoms with van der Waals surface area (Å²) in [6, 6.07) is 6.07. The molecule has 2 heterocycles. The number of rotatable bonds is 1. The zero-order valence-corrected chi connectivity index (χ0v) is 12.6. The van der Waals surface area contributed by atoms with E-state index in [9.17, 15) is 5.11 Å². The van der Waals surface area contributed by atoms with Crippen LogP contribution < -0.4 is 4.74 Å². The summed E-state index contributed by atoms with van der Waals surface area (Å²) in [6.45, 7) is 7.12. The smallest absolute Gasteiger partial charge is 0.125 e. The first-order chi connectivity index (χ1) is 9.49. The summed E-state index contributed by atoms with van der Waals surface area (Å²) in [5.41, 5.74) is 1.84. The van der Waals surface area contributed by atoms with Crippen molar-refractivity contribution >= 4 is 0 Å². The molecule has 1 N–H and O–H groups in total. The maximum absolute atomic E-state index is 10.5. The Morgan fingerprint density at radius 1 is 1.30 bits per heavy atom. The molecule has 0 aromatic heterocycles. The predicted octanol–water partition coefficient (Wildman–Crippen LogP) is 3.38. The third kappa shape index (κ3) is 2.45. The van der Waals surface area contributed by atoms with Gasteiger partial charge in [-0.05, 0) is 25.0 Å². The number of hydrogen-bond acceptors (Lipinski definition) is 3. The van der Waals surface area contributed by atoms with Crippen LogP contribution in [0.5, 0.6) is 5.75 Å². The first-order valence-electron chi connectivity index (χ1n) is 7.58. The van der Waals surface area contributed by atoms with Gasteiger partial charge in [0.05, 0.1) is 18.8 Å². The minimum Gasteiger partial charge on any atom is -0.487 e. The van der Waals surface area contributed by atoms with Crippen molar-refractivity contribution < 1.29 is 14.6 Å². The molecule has 2 aliphatic heterocycles. The largest absolute Gasteiger partial charge is 0.487 e. The molecule has 2 aliphatic rings. The van der Waals surface area contributed by atoms with Crippen molar-refractivity contribution in [3.8, 4) is 5.75 Å². The molecule has 110 valence electrons. The monoisotopic (exact) mass is 276 g/mol. The fraction of sp³-hybridized carbons (Fsp3) is 0.647. The molecule has 1 aromatic rings.